The van der Waals surface area contributed by atoms with Gasteiger partial charge < -0.3 is 10.6 Å². The average molecular weight is 498 g/mol. The van der Waals surface area contributed by atoms with Crippen LogP contribution in [0.15, 0.2) is 41.8 Å². The first-order valence-corrected chi connectivity index (χ1v) is 14.5. The Morgan fingerprint density at radius 3 is 2.11 bits per heavy atom. The Hall–Kier alpha value is -2.19. The molecule has 0 radical (unpaired) electrons. The minimum Gasteiger partial charge on any atom is -0.349 e. The van der Waals surface area contributed by atoms with Crippen LogP contribution >= 0.6 is 0 Å². The van der Waals surface area contributed by atoms with Crippen molar-refractivity contribution in [3.63, 3.8) is 0 Å². The van der Waals surface area contributed by atoms with Gasteiger partial charge in [0.05, 0.1) is 4.90 Å². The highest BCUT2D eigenvalue weighted by Crippen LogP contribution is 2.61. The van der Waals surface area contributed by atoms with E-state index in [1.54, 1.807) is 24.3 Å². The lowest BCUT2D eigenvalue weighted by atomic mass is 9.48. The molecular formula is C27H35N3O4S. The highest BCUT2D eigenvalue weighted by molar-refractivity contribution is 7.89. The van der Waals surface area contributed by atoms with Crippen molar-refractivity contribution < 1.29 is 18.0 Å². The third-order valence-corrected chi connectivity index (χ3v) is 11.3. The molecule has 7 rings (SSSR count). The summed E-state index contributed by atoms with van der Waals surface area (Å²) in [4.78, 5) is 24.4. The van der Waals surface area contributed by atoms with Gasteiger partial charge in [-0.25, -0.2) is 8.42 Å². The van der Waals surface area contributed by atoms with E-state index in [0.717, 1.165) is 24.2 Å². The maximum Gasteiger partial charge on any atom is 0.243 e. The number of anilines is 1. The molecule has 7 nitrogen and oxygen atoms in total. The molecule has 1 aromatic carbocycles. The molecule has 188 valence electrons. The quantitative estimate of drug-likeness (QED) is 0.537. The van der Waals surface area contributed by atoms with Crippen molar-refractivity contribution in [2.75, 3.05) is 18.4 Å². The summed E-state index contributed by atoms with van der Waals surface area (Å²) in [5.41, 5.74) is 1.02. The molecule has 5 aliphatic carbocycles. The first-order chi connectivity index (χ1) is 16.7. The predicted molar refractivity (Wildman–Crippen MR) is 133 cm³/mol. The Balaban J connectivity index is 1.01. The van der Waals surface area contributed by atoms with Crippen LogP contribution in [0.4, 0.5) is 5.69 Å². The topological polar surface area (TPSA) is 95.6 Å². The second-order valence-electron chi connectivity index (χ2n) is 11.9. The fraction of sp³-hybridized carbons (Fsp3) is 0.630. The van der Waals surface area contributed by atoms with Gasteiger partial charge in [-0.05, 0) is 110 Å². The summed E-state index contributed by atoms with van der Waals surface area (Å²) >= 11 is 0. The molecular weight excluding hydrogens is 462 g/mol. The zero-order valence-corrected chi connectivity index (χ0v) is 20.9. The number of amides is 2. The highest BCUT2D eigenvalue weighted by Gasteiger charge is 2.58. The zero-order valence-electron chi connectivity index (χ0n) is 20.1. The smallest absolute Gasteiger partial charge is 0.243 e. The van der Waals surface area contributed by atoms with E-state index in [9.17, 15) is 18.0 Å². The molecule has 0 spiro atoms. The van der Waals surface area contributed by atoms with Crippen LogP contribution in [0, 0.1) is 35.0 Å². The maximum absolute atomic E-state index is 13.1. The Bertz CT molecular complexity index is 1100. The van der Waals surface area contributed by atoms with Gasteiger partial charge in [-0.15, -0.1) is 0 Å². The van der Waals surface area contributed by atoms with Crippen molar-refractivity contribution in [3.05, 3.63) is 36.9 Å². The molecule has 8 heteroatoms. The molecule has 1 heterocycles. The van der Waals surface area contributed by atoms with Gasteiger partial charge in [0.2, 0.25) is 21.8 Å². The van der Waals surface area contributed by atoms with E-state index >= 15 is 0 Å². The standard InChI is InChI=1S/C27H35N3O4S/c1-2-24(31)29-26-22-15-30(16-23(22)26)35(33,34)21-5-3-20(4-6-21)28-25(32)7-8-27-12-17-9-18(13-27)11-19(10-17)14-27/h2-6,17-19,22-23,26H,1,7-16H2,(H,28,32)(H,29,31). The molecule has 2 N–H and O–H groups in total. The molecule has 6 fully saturated rings. The van der Waals surface area contributed by atoms with Gasteiger partial charge in [-0.1, -0.05) is 6.58 Å². The van der Waals surface area contributed by atoms with Crippen LogP contribution < -0.4 is 10.6 Å². The van der Waals surface area contributed by atoms with Crippen LogP contribution in [0.5, 0.6) is 0 Å². The summed E-state index contributed by atoms with van der Waals surface area (Å²) in [6.07, 6.45) is 10.9. The van der Waals surface area contributed by atoms with E-state index in [4.69, 9.17) is 0 Å². The van der Waals surface area contributed by atoms with E-state index in [2.05, 4.69) is 17.2 Å². The minimum absolute atomic E-state index is 0.0172. The summed E-state index contributed by atoms with van der Waals surface area (Å²) < 4.78 is 27.6. The molecule has 2 unspecified atom stereocenters. The lowest BCUT2D eigenvalue weighted by Gasteiger charge is -2.57. The van der Waals surface area contributed by atoms with Crippen molar-refractivity contribution in [3.8, 4) is 0 Å². The second kappa shape index (κ2) is 8.44. The third-order valence-electron chi connectivity index (χ3n) is 9.48. The second-order valence-corrected chi connectivity index (χ2v) is 13.8. The summed E-state index contributed by atoms with van der Waals surface area (Å²) in [6, 6.07) is 6.55. The number of hydrogen-bond donors (Lipinski definition) is 2. The number of hydrogen-bond acceptors (Lipinski definition) is 4. The number of rotatable bonds is 8. The molecule has 4 bridgehead atoms. The average Bonchev–Trinajstić information content (AvgIpc) is 3.23. The maximum atomic E-state index is 13.1. The Morgan fingerprint density at radius 1 is 1.00 bits per heavy atom. The van der Waals surface area contributed by atoms with Gasteiger partial charge >= 0.3 is 0 Å². The summed E-state index contributed by atoms with van der Waals surface area (Å²) in [5, 5.41) is 5.84. The molecule has 0 aromatic heterocycles. The Labute approximate surface area is 207 Å². The molecule has 1 aliphatic heterocycles. The van der Waals surface area contributed by atoms with Crippen molar-refractivity contribution in [1.29, 1.82) is 0 Å². The number of sulfonamides is 1. The number of piperidine rings is 1. The van der Waals surface area contributed by atoms with Crippen LogP contribution in [-0.2, 0) is 19.6 Å². The third kappa shape index (κ3) is 4.33. The summed E-state index contributed by atoms with van der Waals surface area (Å²) in [5.74, 6) is 2.80. The number of fused-ring (bicyclic) bond motifs is 1. The Kier molecular flexibility index (Phi) is 5.60. The summed E-state index contributed by atoms with van der Waals surface area (Å²) in [6.45, 7) is 4.29. The van der Waals surface area contributed by atoms with Crippen LogP contribution in [0.2, 0.25) is 0 Å². The normalized spacial score (nSPS) is 37.0. The molecule has 1 saturated heterocycles. The van der Waals surface area contributed by atoms with Crippen molar-refractivity contribution in [2.45, 2.75) is 62.3 Å². The molecule has 2 amide bonds. The van der Waals surface area contributed by atoms with Gasteiger partial charge in [0, 0.05) is 31.2 Å². The van der Waals surface area contributed by atoms with Gasteiger partial charge in [0.25, 0.3) is 0 Å². The van der Waals surface area contributed by atoms with E-state index in [1.165, 1.54) is 48.9 Å². The van der Waals surface area contributed by atoms with Crippen molar-refractivity contribution in [2.24, 2.45) is 35.0 Å². The lowest BCUT2D eigenvalue weighted by molar-refractivity contribution is -0.118. The molecule has 2 atom stereocenters. The highest BCUT2D eigenvalue weighted by atomic mass is 32.2. The lowest BCUT2D eigenvalue weighted by Crippen LogP contribution is -2.46. The SMILES string of the molecule is C=CC(=O)NC1C2CN(S(=O)(=O)c3ccc(NC(=O)CCC45CC6CC(CC(C6)C4)C5)cc3)CC21. The first-order valence-electron chi connectivity index (χ1n) is 13.1. The number of carbonyl (C=O) groups is 2. The number of nitrogens with zero attached hydrogens (tertiary/aromatic N) is 1. The van der Waals surface area contributed by atoms with Crippen molar-refractivity contribution in [1.82, 2.24) is 9.62 Å². The van der Waals surface area contributed by atoms with Crippen molar-refractivity contribution >= 4 is 27.5 Å². The monoisotopic (exact) mass is 497 g/mol. The first kappa shape index (κ1) is 23.2. The predicted octanol–water partition coefficient (Wildman–Crippen LogP) is 3.54. The minimum atomic E-state index is -3.59. The summed E-state index contributed by atoms with van der Waals surface area (Å²) in [7, 11) is -3.59. The molecule has 6 aliphatic rings. The fourth-order valence-electron chi connectivity index (χ4n) is 8.18. The Morgan fingerprint density at radius 2 is 1.57 bits per heavy atom. The molecule has 5 saturated carbocycles. The number of benzene rings is 1. The van der Waals surface area contributed by atoms with Crippen LogP contribution in [0.25, 0.3) is 0 Å². The number of nitrogens with one attached hydrogen (secondary N) is 2. The van der Waals surface area contributed by atoms with Gasteiger partial charge in [-0.3, -0.25) is 9.59 Å². The van der Waals surface area contributed by atoms with E-state index in [-0.39, 0.29) is 34.6 Å². The van der Waals surface area contributed by atoms with Gasteiger partial charge in [0.1, 0.15) is 0 Å². The van der Waals surface area contributed by atoms with E-state index < -0.39 is 10.0 Å². The van der Waals surface area contributed by atoms with Crippen LogP contribution in [0.3, 0.4) is 0 Å². The van der Waals surface area contributed by atoms with Crippen LogP contribution in [0.1, 0.15) is 51.4 Å². The number of carbonyl (C=O) groups excluding carboxylic acids is 2. The zero-order chi connectivity index (χ0) is 24.4. The molecule has 1 aromatic rings. The van der Waals surface area contributed by atoms with Gasteiger partial charge in [0.15, 0.2) is 0 Å². The van der Waals surface area contributed by atoms with Crippen LogP contribution in [-0.4, -0.2) is 43.7 Å². The van der Waals surface area contributed by atoms with E-state index in [1.807, 2.05) is 0 Å². The molecule has 35 heavy (non-hydrogen) atoms. The fourth-order valence-corrected chi connectivity index (χ4v) is 9.69. The largest absolute Gasteiger partial charge is 0.349 e. The van der Waals surface area contributed by atoms with Gasteiger partial charge in [-0.2, -0.15) is 4.31 Å². The van der Waals surface area contributed by atoms with E-state index in [0.29, 0.717) is 30.6 Å².